The molecule has 3 nitrogen and oxygen atoms in total. The standard InChI is InChI=1S/C34H35N3/c1-5-22-37(26(4)36-31(6-2)24-30-25-35-33-19-12-11-18-32(30)33)34(7-3)29-17-13-16-28(23-29)21-20-27-14-9-8-10-15-27/h8-19,23,25,31,35-36H,3-6,22,24H2,1-2H3. The number of para-hydroxylation sites is 1. The SMILES string of the molecule is C=C=C(c1cccc(C#Cc2ccccc2)c1)N(CCC)C(=C)NC(CC)Cc1c[nH]c2ccccc12. The normalized spacial score (nSPS) is 11.2. The number of nitrogens with zero attached hydrogens (tertiary/aromatic N) is 1. The predicted octanol–water partition coefficient (Wildman–Crippen LogP) is 7.49. The van der Waals surface area contributed by atoms with E-state index in [2.05, 4.69) is 102 Å². The average Bonchev–Trinajstić information content (AvgIpc) is 3.35. The Morgan fingerprint density at radius 3 is 2.43 bits per heavy atom. The number of aromatic amines is 1. The van der Waals surface area contributed by atoms with Gasteiger partial charge in [0.25, 0.3) is 0 Å². The van der Waals surface area contributed by atoms with Crippen molar-refractivity contribution in [1.82, 2.24) is 15.2 Å². The number of hydrogen-bond donors (Lipinski definition) is 2. The molecule has 2 N–H and O–H groups in total. The second-order valence-electron chi connectivity index (χ2n) is 9.13. The summed E-state index contributed by atoms with van der Waals surface area (Å²) in [6.45, 7) is 13.7. The summed E-state index contributed by atoms with van der Waals surface area (Å²) in [4.78, 5) is 5.58. The first-order valence-corrected chi connectivity index (χ1v) is 13.0. The lowest BCUT2D eigenvalue weighted by Gasteiger charge is -2.31. The van der Waals surface area contributed by atoms with Gasteiger partial charge in [-0.25, -0.2) is 0 Å². The molecule has 3 heteroatoms. The molecule has 0 saturated heterocycles. The molecule has 4 rings (SSSR count). The summed E-state index contributed by atoms with van der Waals surface area (Å²) in [6.07, 6.45) is 4.99. The Kier molecular flexibility index (Phi) is 8.71. The van der Waals surface area contributed by atoms with Gasteiger partial charge in [0, 0.05) is 46.4 Å². The Morgan fingerprint density at radius 1 is 0.946 bits per heavy atom. The zero-order chi connectivity index (χ0) is 26.0. The van der Waals surface area contributed by atoms with Gasteiger partial charge in [0.2, 0.25) is 0 Å². The number of fused-ring (bicyclic) bond motifs is 1. The number of nitrogens with one attached hydrogen (secondary N) is 2. The molecule has 37 heavy (non-hydrogen) atoms. The third kappa shape index (κ3) is 6.44. The van der Waals surface area contributed by atoms with Gasteiger partial charge in [-0.3, -0.25) is 0 Å². The Hall–Kier alpha value is -4.38. The predicted molar refractivity (Wildman–Crippen MR) is 157 cm³/mol. The third-order valence-corrected chi connectivity index (χ3v) is 6.48. The maximum Gasteiger partial charge on any atom is 0.0991 e. The minimum absolute atomic E-state index is 0.250. The fourth-order valence-electron chi connectivity index (χ4n) is 4.55. The summed E-state index contributed by atoms with van der Waals surface area (Å²) in [6, 6.07) is 27.0. The summed E-state index contributed by atoms with van der Waals surface area (Å²) in [7, 11) is 0. The van der Waals surface area contributed by atoms with Gasteiger partial charge in [0.05, 0.1) is 11.5 Å². The Balaban J connectivity index is 1.53. The number of rotatable bonds is 10. The van der Waals surface area contributed by atoms with E-state index in [0.29, 0.717) is 0 Å². The summed E-state index contributed by atoms with van der Waals surface area (Å²) in [5.74, 6) is 7.40. The minimum atomic E-state index is 0.250. The highest BCUT2D eigenvalue weighted by Crippen LogP contribution is 2.24. The van der Waals surface area contributed by atoms with Crippen LogP contribution in [0.1, 0.15) is 48.9 Å². The van der Waals surface area contributed by atoms with E-state index in [0.717, 1.165) is 54.0 Å². The molecule has 0 spiro atoms. The zero-order valence-electron chi connectivity index (χ0n) is 21.9. The second-order valence-corrected chi connectivity index (χ2v) is 9.13. The summed E-state index contributed by atoms with van der Waals surface area (Å²) >= 11 is 0. The zero-order valence-corrected chi connectivity index (χ0v) is 21.9. The maximum absolute atomic E-state index is 4.44. The lowest BCUT2D eigenvalue weighted by atomic mass is 10.0. The molecule has 1 atom stereocenters. The van der Waals surface area contributed by atoms with Gasteiger partial charge in [-0.15, -0.1) is 5.73 Å². The Labute approximate surface area is 221 Å². The van der Waals surface area contributed by atoms with Gasteiger partial charge in [-0.2, -0.15) is 0 Å². The molecule has 0 aliphatic carbocycles. The quantitative estimate of drug-likeness (QED) is 0.180. The van der Waals surface area contributed by atoms with E-state index >= 15 is 0 Å². The molecule has 0 radical (unpaired) electrons. The van der Waals surface area contributed by atoms with Crippen LogP contribution in [0.25, 0.3) is 16.6 Å². The smallest absolute Gasteiger partial charge is 0.0991 e. The highest BCUT2D eigenvalue weighted by molar-refractivity contribution is 5.83. The van der Waals surface area contributed by atoms with Crippen LogP contribution in [0.2, 0.25) is 0 Å². The maximum atomic E-state index is 4.44. The van der Waals surface area contributed by atoms with Gasteiger partial charge >= 0.3 is 0 Å². The van der Waals surface area contributed by atoms with Crippen molar-refractivity contribution in [3.63, 3.8) is 0 Å². The minimum Gasteiger partial charge on any atom is -0.369 e. The van der Waals surface area contributed by atoms with Crippen LogP contribution in [0.4, 0.5) is 0 Å². The molecule has 186 valence electrons. The molecule has 0 aliphatic heterocycles. The van der Waals surface area contributed by atoms with Gasteiger partial charge in [-0.1, -0.05) is 87.4 Å². The van der Waals surface area contributed by atoms with Crippen LogP contribution in [0, 0.1) is 11.8 Å². The number of benzene rings is 3. The monoisotopic (exact) mass is 485 g/mol. The molecule has 3 aromatic carbocycles. The van der Waals surface area contributed by atoms with Crippen LogP contribution in [0.15, 0.2) is 110 Å². The van der Waals surface area contributed by atoms with E-state index in [9.17, 15) is 0 Å². The van der Waals surface area contributed by atoms with E-state index in [1.165, 1.54) is 16.5 Å². The molecule has 0 aliphatic rings. The van der Waals surface area contributed by atoms with Gasteiger partial charge in [0.15, 0.2) is 0 Å². The molecule has 1 unspecified atom stereocenters. The third-order valence-electron chi connectivity index (χ3n) is 6.48. The lowest BCUT2D eigenvalue weighted by Crippen LogP contribution is -2.37. The van der Waals surface area contributed by atoms with Crippen molar-refractivity contribution in [2.75, 3.05) is 6.54 Å². The number of hydrogen-bond acceptors (Lipinski definition) is 2. The van der Waals surface area contributed by atoms with E-state index < -0.39 is 0 Å². The molecule has 0 saturated carbocycles. The molecular weight excluding hydrogens is 450 g/mol. The average molecular weight is 486 g/mol. The summed E-state index contributed by atoms with van der Waals surface area (Å²) in [5, 5.41) is 4.98. The van der Waals surface area contributed by atoms with Crippen molar-refractivity contribution in [3.05, 3.63) is 132 Å². The molecule has 1 aromatic heterocycles. The molecule has 0 amide bonds. The van der Waals surface area contributed by atoms with Crippen LogP contribution >= 0.6 is 0 Å². The van der Waals surface area contributed by atoms with Crippen molar-refractivity contribution >= 4 is 16.6 Å². The Bertz CT molecular complexity index is 1460. The van der Waals surface area contributed by atoms with Crippen LogP contribution in [0.3, 0.4) is 0 Å². The van der Waals surface area contributed by atoms with Crippen LogP contribution in [-0.2, 0) is 6.42 Å². The van der Waals surface area contributed by atoms with E-state index in [4.69, 9.17) is 0 Å². The van der Waals surface area contributed by atoms with Crippen LogP contribution in [-0.4, -0.2) is 22.5 Å². The topological polar surface area (TPSA) is 31.1 Å². The van der Waals surface area contributed by atoms with Gasteiger partial charge in [0.1, 0.15) is 0 Å². The van der Waals surface area contributed by atoms with Crippen LogP contribution < -0.4 is 5.32 Å². The molecule has 0 bridgehead atoms. The summed E-state index contributed by atoms with van der Waals surface area (Å²) in [5.41, 5.74) is 9.55. The highest BCUT2D eigenvalue weighted by atomic mass is 15.3. The highest BCUT2D eigenvalue weighted by Gasteiger charge is 2.18. The molecular formula is C34H35N3. The fraction of sp³-hybridized carbons (Fsp3) is 0.206. The lowest BCUT2D eigenvalue weighted by molar-refractivity contribution is 0.408. The first kappa shape index (κ1) is 25.7. The molecule has 0 fully saturated rings. The Morgan fingerprint density at radius 2 is 1.68 bits per heavy atom. The fourth-order valence-corrected chi connectivity index (χ4v) is 4.55. The molecule has 1 heterocycles. The largest absolute Gasteiger partial charge is 0.369 e. The van der Waals surface area contributed by atoms with Crippen molar-refractivity contribution in [2.24, 2.45) is 0 Å². The van der Waals surface area contributed by atoms with Crippen molar-refractivity contribution in [3.8, 4) is 11.8 Å². The van der Waals surface area contributed by atoms with Gasteiger partial charge < -0.3 is 15.2 Å². The summed E-state index contributed by atoms with van der Waals surface area (Å²) < 4.78 is 0. The van der Waals surface area contributed by atoms with Crippen molar-refractivity contribution in [1.29, 1.82) is 0 Å². The van der Waals surface area contributed by atoms with E-state index in [1.54, 1.807) is 0 Å². The van der Waals surface area contributed by atoms with Gasteiger partial charge in [-0.05, 0) is 55.2 Å². The second kappa shape index (κ2) is 12.5. The van der Waals surface area contributed by atoms with E-state index in [1.807, 2.05) is 42.5 Å². The van der Waals surface area contributed by atoms with Crippen molar-refractivity contribution in [2.45, 2.75) is 39.2 Å². The first-order valence-electron chi connectivity index (χ1n) is 13.0. The van der Waals surface area contributed by atoms with Crippen molar-refractivity contribution < 1.29 is 0 Å². The first-order chi connectivity index (χ1) is 18.1. The van der Waals surface area contributed by atoms with E-state index in [-0.39, 0.29) is 6.04 Å². The number of H-pyrrole nitrogens is 1. The molecule has 4 aromatic rings. The van der Waals surface area contributed by atoms with Crippen LogP contribution in [0.5, 0.6) is 0 Å². The number of aromatic nitrogens is 1.